The van der Waals surface area contributed by atoms with Crippen LogP contribution in [0.4, 0.5) is 0 Å². The highest BCUT2D eigenvalue weighted by Crippen LogP contribution is 2.29. The Hall–Kier alpha value is -0.630. The number of Topliss-reactive ketones (excluding diaryl/α,β-unsaturated/α-hetero) is 1. The van der Waals surface area contributed by atoms with E-state index < -0.39 is 5.60 Å². The Morgan fingerprint density at radius 3 is 2.50 bits per heavy atom. The Morgan fingerprint density at radius 1 is 1.42 bits per heavy atom. The smallest absolute Gasteiger partial charge is 0.168 e. The van der Waals surface area contributed by atoms with Crippen molar-refractivity contribution in [2.75, 3.05) is 0 Å². The minimum Gasteiger partial charge on any atom is -0.382 e. The molecule has 0 radical (unpaired) electrons. The van der Waals surface area contributed by atoms with Crippen LogP contribution in [0.1, 0.15) is 38.5 Å². The van der Waals surface area contributed by atoms with Gasteiger partial charge >= 0.3 is 0 Å². The van der Waals surface area contributed by atoms with Gasteiger partial charge in [0.1, 0.15) is 5.60 Å². The minimum atomic E-state index is -1.02. The maximum Gasteiger partial charge on any atom is 0.168 e. The molecule has 1 aliphatic carbocycles. The van der Waals surface area contributed by atoms with E-state index in [1.165, 1.54) is 0 Å². The molecule has 1 rings (SSSR count). The predicted octanol–water partition coefficient (Wildman–Crippen LogP) is 1.83. The summed E-state index contributed by atoms with van der Waals surface area (Å²) in [5.74, 6) is -0.0581. The van der Waals surface area contributed by atoms with Crippen molar-refractivity contribution in [3.8, 4) is 0 Å². The van der Waals surface area contributed by atoms with Gasteiger partial charge in [-0.25, -0.2) is 0 Å². The van der Waals surface area contributed by atoms with Crippen LogP contribution in [-0.4, -0.2) is 16.5 Å². The summed E-state index contributed by atoms with van der Waals surface area (Å²) in [7, 11) is 0. The monoisotopic (exact) mass is 168 g/mol. The lowest BCUT2D eigenvalue weighted by Gasteiger charge is -2.30. The van der Waals surface area contributed by atoms with Gasteiger partial charge in [0.15, 0.2) is 5.78 Å². The molecule has 0 aromatic rings. The highest BCUT2D eigenvalue weighted by Gasteiger charge is 2.35. The van der Waals surface area contributed by atoms with Crippen molar-refractivity contribution < 1.29 is 9.90 Å². The van der Waals surface area contributed by atoms with Gasteiger partial charge in [0.05, 0.1) is 0 Å². The third-order valence-electron chi connectivity index (χ3n) is 2.53. The topological polar surface area (TPSA) is 37.3 Å². The van der Waals surface area contributed by atoms with Gasteiger partial charge in [-0.05, 0) is 12.8 Å². The zero-order valence-electron chi connectivity index (χ0n) is 7.38. The Balaban J connectivity index is 2.55. The van der Waals surface area contributed by atoms with Gasteiger partial charge in [-0.1, -0.05) is 25.3 Å². The third-order valence-corrected chi connectivity index (χ3v) is 2.53. The lowest BCUT2D eigenvalue weighted by molar-refractivity contribution is -0.139. The van der Waals surface area contributed by atoms with Crippen LogP contribution in [0.15, 0.2) is 12.7 Å². The van der Waals surface area contributed by atoms with E-state index in [0.717, 1.165) is 19.3 Å². The summed E-state index contributed by atoms with van der Waals surface area (Å²) in [6, 6.07) is 0. The molecule has 0 heterocycles. The Labute approximate surface area is 73.3 Å². The van der Waals surface area contributed by atoms with E-state index in [2.05, 4.69) is 6.58 Å². The molecule has 0 amide bonds. The summed E-state index contributed by atoms with van der Waals surface area (Å²) in [6.45, 7) is 3.49. The van der Waals surface area contributed by atoms with Crippen LogP contribution in [0, 0.1) is 0 Å². The van der Waals surface area contributed by atoms with E-state index in [0.29, 0.717) is 19.3 Å². The van der Waals surface area contributed by atoms with Gasteiger partial charge in [0.25, 0.3) is 0 Å². The fraction of sp³-hybridized carbons (Fsp3) is 0.700. The van der Waals surface area contributed by atoms with Crippen LogP contribution >= 0.6 is 0 Å². The number of carbonyl (C=O) groups is 1. The second-order valence-corrected chi connectivity index (χ2v) is 3.51. The average Bonchev–Trinajstić information content (AvgIpc) is 2.06. The van der Waals surface area contributed by atoms with Crippen molar-refractivity contribution in [3.05, 3.63) is 12.7 Å². The number of ketones is 1. The van der Waals surface area contributed by atoms with E-state index in [4.69, 9.17) is 0 Å². The molecule has 0 aromatic carbocycles. The maximum atomic E-state index is 11.4. The molecule has 0 unspecified atom stereocenters. The highest BCUT2D eigenvalue weighted by atomic mass is 16.3. The lowest BCUT2D eigenvalue weighted by Crippen LogP contribution is -2.40. The van der Waals surface area contributed by atoms with Crippen molar-refractivity contribution >= 4 is 5.78 Å². The van der Waals surface area contributed by atoms with E-state index in [-0.39, 0.29) is 5.78 Å². The van der Waals surface area contributed by atoms with Crippen LogP contribution in [0.2, 0.25) is 0 Å². The zero-order chi connectivity index (χ0) is 9.03. The number of rotatable bonds is 3. The van der Waals surface area contributed by atoms with Gasteiger partial charge in [-0.3, -0.25) is 4.79 Å². The van der Waals surface area contributed by atoms with E-state index in [9.17, 15) is 9.90 Å². The zero-order valence-corrected chi connectivity index (χ0v) is 7.38. The van der Waals surface area contributed by atoms with Crippen molar-refractivity contribution in [1.82, 2.24) is 0 Å². The normalized spacial score (nSPS) is 21.8. The molecule has 12 heavy (non-hydrogen) atoms. The standard InChI is InChI=1S/C10H16O2/c1-2-6-9(11)10(12)7-4-3-5-8-10/h2,12H,1,3-8H2. The van der Waals surface area contributed by atoms with Crippen LogP contribution in [0.25, 0.3) is 0 Å². The fourth-order valence-electron chi connectivity index (χ4n) is 1.74. The molecule has 0 aromatic heterocycles. The second kappa shape index (κ2) is 3.85. The summed E-state index contributed by atoms with van der Waals surface area (Å²) in [4.78, 5) is 11.4. The number of aliphatic hydroxyl groups is 1. The molecule has 2 heteroatoms. The molecule has 2 nitrogen and oxygen atoms in total. The first kappa shape index (κ1) is 9.46. The summed E-state index contributed by atoms with van der Waals surface area (Å²) >= 11 is 0. The molecule has 1 saturated carbocycles. The largest absolute Gasteiger partial charge is 0.382 e. The SMILES string of the molecule is C=CCC(=O)C1(O)CCCCC1. The molecule has 0 atom stereocenters. The first-order chi connectivity index (χ1) is 5.69. The molecule has 0 saturated heterocycles. The maximum absolute atomic E-state index is 11.4. The lowest BCUT2D eigenvalue weighted by atomic mass is 9.81. The van der Waals surface area contributed by atoms with Crippen LogP contribution in [-0.2, 0) is 4.79 Å². The van der Waals surface area contributed by atoms with Gasteiger partial charge in [0, 0.05) is 6.42 Å². The second-order valence-electron chi connectivity index (χ2n) is 3.51. The molecule has 1 aliphatic rings. The Kier molecular flexibility index (Phi) is 3.04. The van der Waals surface area contributed by atoms with Crippen molar-refractivity contribution in [2.45, 2.75) is 44.1 Å². The minimum absolute atomic E-state index is 0.0581. The van der Waals surface area contributed by atoms with Gasteiger partial charge in [-0.15, -0.1) is 6.58 Å². The van der Waals surface area contributed by atoms with Gasteiger partial charge in [0.2, 0.25) is 0 Å². The van der Waals surface area contributed by atoms with Crippen molar-refractivity contribution in [1.29, 1.82) is 0 Å². The highest BCUT2D eigenvalue weighted by molar-refractivity contribution is 5.88. The van der Waals surface area contributed by atoms with E-state index in [1.807, 2.05) is 0 Å². The molecule has 1 N–H and O–H groups in total. The Bertz CT molecular complexity index is 178. The van der Waals surface area contributed by atoms with Crippen LogP contribution < -0.4 is 0 Å². The van der Waals surface area contributed by atoms with Crippen molar-refractivity contribution in [2.24, 2.45) is 0 Å². The molecule has 0 aliphatic heterocycles. The first-order valence-electron chi connectivity index (χ1n) is 4.55. The van der Waals surface area contributed by atoms with Crippen LogP contribution in [0.3, 0.4) is 0 Å². The Morgan fingerprint density at radius 2 is 2.00 bits per heavy atom. The number of allylic oxidation sites excluding steroid dienone is 1. The first-order valence-corrected chi connectivity index (χ1v) is 4.55. The molecule has 1 fully saturated rings. The third kappa shape index (κ3) is 1.95. The van der Waals surface area contributed by atoms with E-state index in [1.54, 1.807) is 6.08 Å². The van der Waals surface area contributed by atoms with Crippen molar-refractivity contribution in [3.63, 3.8) is 0 Å². The molecule has 0 bridgehead atoms. The summed E-state index contributed by atoms with van der Waals surface area (Å²) in [5.41, 5.74) is -1.02. The summed E-state index contributed by atoms with van der Waals surface area (Å²) < 4.78 is 0. The average molecular weight is 168 g/mol. The molecular weight excluding hydrogens is 152 g/mol. The fourth-order valence-corrected chi connectivity index (χ4v) is 1.74. The number of carbonyl (C=O) groups excluding carboxylic acids is 1. The summed E-state index contributed by atoms with van der Waals surface area (Å²) in [5, 5.41) is 9.87. The number of hydrogen-bond donors (Lipinski definition) is 1. The number of hydrogen-bond acceptors (Lipinski definition) is 2. The molecular formula is C10H16O2. The predicted molar refractivity (Wildman–Crippen MR) is 47.9 cm³/mol. The quantitative estimate of drug-likeness (QED) is 0.653. The molecule has 0 spiro atoms. The summed E-state index contributed by atoms with van der Waals surface area (Å²) in [6.07, 6.45) is 6.23. The van der Waals surface area contributed by atoms with Gasteiger partial charge in [-0.2, -0.15) is 0 Å². The molecule has 68 valence electrons. The van der Waals surface area contributed by atoms with Gasteiger partial charge < -0.3 is 5.11 Å². The van der Waals surface area contributed by atoms with E-state index >= 15 is 0 Å². The van der Waals surface area contributed by atoms with Crippen LogP contribution in [0.5, 0.6) is 0 Å².